The number of rotatable bonds is 3. The minimum absolute atomic E-state index is 0.191. The number of hydrazine groups is 1. The number of nitrogens with zero attached hydrogens (tertiary/aromatic N) is 2. The standard InChI is InChI=1S/C10H18N4S/c1-7-2-4-8(5-3-7)10(12-11)9-6-15-14-13-9/h6-8,10,12H,2-5,11H2,1H3. The van der Waals surface area contributed by atoms with E-state index >= 15 is 0 Å². The molecule has 0 bridgehead atoms. The molecule has 0 aromatic carbocycles. The molecule has 3 N–H and O–H groups in total. The van der Waals surface area contributed by atoms with Gasteiger partial charge in [-0.25, -0.2) is 0 Å². The van der Waals surface area contributed by atoms with Crippen LogP contribution in [0.1, 0.15) is 44.3 Å². The Bertz CT molecular complexity index is 280. The van der Waals surface area contributed by atoms with Crippen LogP contribution >= 0.6 is 11.5 Å². The summed E-state index contributed by atoms with van der Waals surface area (Å²) in [6.45, 7) is 2.32. The van der Waals surface area contributed by atoms with Gasteiger partial charge in [0.15, 0.2) is 0 Å². The van der Waals surface area contributed by atoms with Crippen LogP contribution in [-0.4, -0.2) is 9.59 Å². The third kappa shape index (κ3) is 2.53. The molecule has 1 aromatic heterocycles. The summed E-state index contributed by atoms with van der Waals surface area (Å²) in [6.07, 6.45) is 5.10. The summed E-state index contributed by atoms with van der Waals surface area (Å²) in [5.41, 5.74) is 3.90. The minimum Gasteiger partial charge on any atom is -0.271 e. The summed E-state index contributed by atoms with van der Waals surface area (Å²) in [4.78, 5) is 0. The van der Waals surface area contributed by atoms with Gasteiger partial charge in [0.25, 0.3) is 0 Å². The van der Waals surface area contributed by atoms with E-state index in [9.17, 15) is 0 Å². The first kappa shape index (κ1) is 11.0. The summed E-state index contributed by atoms with van der Waals surface area (Å²) in [6, 6.07) is 0.191. The van der Waals surface area contributed by atoms with E-state index in [1.54, 1.807) is 0 Å². The van der Waals surface area contributed by atoms with Crippen molar-refractivity contribution in [3.63, 3.8) is 0 Å². The first-order valence-corrected chi connectivity index (χ1v) is 6.38. The quantitative estimate of drug-likeness (QED) is 0.610. The van der Waals surface area contributed by atoms with Gasteiger partial charge in [0.1, 0.15) is 0 Å². The van der Waals surface area contributed by atoms with Crippen LogP contribution in [0.15, 0.2) is 5.38 Å². The molecule has 1 unspecified atom stereocenters. The monoisotopic (exact) mass is 226 g/mol. The normalized spacial score (nSPS) is 28.9. The van der Waals surface area contributed by atoms with Gasteiger partial charge in [0.05, 0.1) is 11.7 Å². The molecule has 1 aromatic rings. The van der Waals surface area contributed by atoms with Crippen molar-refractivity contribution in [2.45, 2.75) is 38.6 Å². The molecule has 0 spiro atoms. The summed E-state index contributed by atoms with van der Waals surface area (Å²) in [7, 11) is 0. The van der Waals surface area contributed by atoms with Gasteiger partial charge >= 0.3 is 0 Å². The van der Waals surface area contributed by atoms with E-state index in [0.717, 1.165) is 11.6 Å². The van der Waals surface area contributed by atoms with Crippen LogP contribution in [0.3, 0.4) is 0 Å². The molecule has 2 rings (SSSR count). The molecule has 1 saturated carbocycles. The molecule has 15 heavy (non-hydrogen) atoms. The maximum atomic E-state index is 5.62. The summed E-state index contributed by atoms with van der Waals surface area (Å²) < 4.78 is 3.90. The highest BCUT2D eigenvalue weighted by Crippen LogP contribution is 2.35. The number of hydrogen-bond donors (Lipinski definition) is 2. The van der Waals surface area contributed by atoms with Gasteiger partial charge in [-0.3, -0.25) is 11.3 Å². The van der Waals surface area contributed by atoms with Crippen molar-refractivity contribution in [2.24, 2.45) is 17.7 Å². The van der Waals surface area contributed by atoms with E-state index in [1.165, 1.54) is 37.2 Å². The molecule has 0 radical (unpaired) electrons. The summed E-state index contributed by atoms with van der Waals surface area (Å²) >= 11 is 1.39. The van der Waals surface area contributed by atoms with Crippen molar-refractivity contribution in [3.8, 4) is 0 Å². The highest BCUT2D eigenvalue weighted by Gasteiger charge is 2.27. The first-order chi connectivity index (χ1) is 7.31. The van der Waals surface area contributed by atoms with Crippen molar-refractivity contribution in [1.29, 1.82) is 0 Å². The van der Waals surface area contributed by atoms with Crippen LogP contribution in [0, 0.1) is 11.8 Å². The highest BCUT2D eigenvalue weighted by atomic mass is 32.1. The zero-order chi connectivity index (χ0) is 10.7. The lowest BCUT2D eigenvalue weighted by Crippen LogP contribution is -2.35. The Balaban J connectivity index is 2.01. The fraction of sp³-hybridized carbons (Fsp3) is 0.800. The predicted octanol–water partition coefficient (Wildman–Crippen LogP) is 1.87. The lowest BCUT2D eigenvalue weighted by Gasteiger charge is -2.31. The van der Waals surface area contributed by atoms with Crippen LogP contribution in [0.25, 0.3) is 0 Å². The third-order valence-electron chi connectivity index (χ3n) is 3.41. The fourth-order valence-corrected chi connectivity index (χ4v) is 2.88. The van der Waals surface area contributed by atoms with Crippen LogP contribution in [0.4, 0.5) is 0 Å². The smallest absolute Gasteiger partial charge is 0.0941 e. The molecule has 1 atom stereocenters. The van der Waals surface area contributed by atoms with Crippen molar-refractivity contribution >= 4 is 11.5 Å². The Morgan fingerprint density at radius 1 is 1.47 bits per heavy atom. The average Bonchev–Trinajstić information content (AvgIpc) is 2.75. The predicted molar refractivity (Wildman–Crippen MR) is 61.1 cm³/mol. The maximum absolute atomic E-state index is 5.62. The Morgan fingerprint density at radius 3 is 2.73 bits per heavy atom. The fourth-order valence-electron chi connectivity index (χ4n) is 2.39. The average molecular weight is 226 g/mol. The second-order valence-corrected chi connectivity index (χ2v) is 5.10. The summed E-state index contributed by atoms with van der Waals surface area (Å²) in [5.74, 6) is 7.11. The third-order valence-corrected chi connectivity index (χ3v) is 3.93. The number of nitrogens with one attached hydrogen (secondary N) is 1. The Labute approximate surface area is 94.4 Å². The van der Waals surface area contributed by atoms with Gasteiger partial charge in [0, 0.05) is 5.38 Å². The zero-order valence-electron chi connectivity index (χ0n) is 9.02. The molecule has 0 amide bonds. The molecule has 1 heterocycles. The van der Waals surface area contributed by atoms with Gasteiger partial charge in [0.2, 0.25) is 0 Å². The van der Waals surface area contributed by atoms with E-state index in [-0.39, 0.29) is 6.04 Å². The minimum atomic E-state index is 0.191. The van der Waals surface area contributed by atoms with Gasteiger partial charge < -0.3 is 0 Å². The van der Waals surface area contributed by atoms with E-state index < -0.39 is 0 Å². The molecule has 84 valence electrons. The van der Waals surface area contributed by atoms with Crippen LogP contribution in [0.5, 0.6) is 0 Å². The SMILES string of the molecule is CC1CCC(C(NN)c2csnn2)CC1. The van der Waals surface area contributed by atoms with Gasteiger partial charge in [-0.1, -0.05) is 24.3 Å². The lowest BCUT2D eigenvalue weighted by molar-refractivity contribution is 0.229. The molecule has 5 heteroatoms. The summed E-state index contributed by atoms with van der Waals surface area (Å²) in [5, 5.41) is 6.10. The van der Waals surface area contributed by atoms with Crippen molar-refractivity contribution in [1.82, 2.24) is 15.0 Å². The van der Waals surface area contributed by atoms with Gasteiger partial charge in [-0.15, -0.1) is 5.10 Å². The molecular weight excluding hydrogens is 208 g/mol. The topological polar surface area (TPSA) is 63.8 Å². The molecule has 4 nitrogen and oxygen atoms in total. The van der Waals surface area contributed by atoms with Crippen LogP contribution in [-0.2, 0) is 0 Å². The second-order valence-electron chi connectivity index (χ2n) is 4.49. The van der Waals surface area contributed by atoms with Crippen molar-refractivity contribution in [2.75, 3.05) is 0 Å². The van der Waals surface area contributed by atoms with Crippen LogP contribution in [0.2, 0.25) is 0 Å². The molecular formula is C10H18N4S. The molecule has 1 aliphatic rings. The molecule has 1 fully saturated rings. The van der Waals surface area contributed by atoms with Crippen LogP contribution < -0.4 is 11.3 Å². The Morgan fingerprint density at radius 2 is 2.20 bits per heavy atom. The Kier molecular flexibility index (Phi) is 3.66. The first-order valence-electron chi connectivity index (χ1n) is 5.54. The van der Waals surface area contributed by atoms with E-state index in [0.29, 0.717) is 5.92 Å². The molecule has 0 aliphatic heterocycles. The number of aromatic nitrogens is 2. The van der Waals surface area contributed by atoms with Gasteiger partial charge in [-0.05, 0) is 36.2 Å². The van der Waals surface area contributed by atoms with E-state index in [2.05, 4.69) is 21.9 Å². The van der Waals surface area contributed by atoms with Crippen molar-refractivity contribution < 1.29 is 0 Å². The number of nitrogens with two attached hydrogens (primary N) is 1. The van der Waals surface area contributed by atoms with Crippen molar-refractivity contribution in [3.05, 3.63) is 11.1 Å². The maximum Gasteiger partial charge on any atom is 0.0941 e. The van der Waals surface area contributed by atoms with E-state index in [4.69, 9.17) is 5.84 Å². The lowest BCUT2D eigenvalue weighted by atomic mass is 9.79. The largest absolute Gasteiger partial charge is 0.271 e. The second kappa shape index (κ2) is 5.01. The Hall–Kier alpha value is -0.520. The van der Waals surface area contributed by atoms with Gasteiger partial charge in [-0.2, -0.15) is 0 Å². The molecule has 1 aliphatic carbocycles. The zero-order valence-corrected chi connectivity index (χ0v) is 9.83. The highest BCUT2D eigenvalue weighted by molar-refractivity contribution is 7.03. The number of hydrogen-bond acceptors (Lipinski definition) is 5. The van der Waals surface area contributed by atoms with E-state index in [1.807, 2.05) is 5.38 Å². The molecule has 0 saturated heterocycles.